The van der Waals surface area contributed by atoms with Gasteiger partial charge in [-0.2, -0.15) is 11.8 Å². The molecule has 0 aliphatic rings. The first-order valence-electron chi connectivity index (χ1n) is 3.87. The molecule has 0 spiro atoms. The van der Waals surface area contributed by atoms with E-state index in [4.69, 9.17) is 10.8 Å². The summed E-state index contributed by atoms with van der Waals surface area (Å²) in [6, 6.07) is 0. The van der Waals surface area contributed by atoms with Gasteiger partial charge in [-0.25, -0.2) is 0 Å². The van der Waals surface area contributed by atoms with E-state index in [2.05, 4.69) is 6.92 Å². The van der Waals surface area contributed by atoms with Crippen LogP contribution < -0.4 is 5.73 Å². The molecule has 1 amide bonds. The number of carbonyl (C=O) groups is 1. The molecule has 0 aliphatic heterocycles. The van der Waals surface area contributed by atoms with Crippen LogP contribution in [-0.4, -0.2) is 29.1 Å². The van der Waals surface area contributed by atoms with Crippen LogP contribution in [0, 0.1) is 12.8 Å². The molecule has 78 valence electrons. The van der Waals surface area contributed by atoms with Crippen molar-refractivity contribution >= 4 is 17.7 Å². The van der Waals surface area contributed by atoms with Gasteiger partial charge >= 0.3 is 0 Å². The van der Waals surface area contributed by atoms with E-state index in [0.717, 1.165) is 11.5 Å². The van der Waals surface area contributed by atoms with Crippen LogP contribution in [-0.2, 0) is 26.5 Å². The summed E-state index contributed by atoms with van der Waals surface area (Å²) in [4.78, 5) is 10.4. The normalized spacial score (nSPS) is 10.5. The number of rotatable bonds is 4. The molecule has 0 heterocycles. The minimum Gasteiger partial charge on any atom is -0.397 e. The second-order valence-corrected chi connectivity index (χ2v) is 3.34. The van der Waals surface area contributed by atoms with E-state index < -0.39 is 0 Å². The zero-order valence-corrected chi connectivity index (χ0v) is 10.6. The number of amides is 1. The van der Waals surface area contributed by atoms with E-state index in [1.165, 1.54) is 0 Å². The average molecular weight is 240 g/mol. The molecule has 0 saturated carbocycles. The fraction of sp³-hybridized carbons (Fsp3) is 0.750. The Morgan fingerprint density at radius 3 is 2.31 bits per heavy atom. The van der Waals surface area contributed by atoms with Gasteiger partial charge in [0.1, 0.15) is 0 Å². The summed E-state index contributed by atoms with van der Waals surface area (Å²) >= 11 is 1.63. The molecule has 5 heteroatoms. The van der Waals surface area contributed by atoms with Crippen LogP contribution in [0.25, 0.3) is 0 Å². The molecular weight excluding hydrogens is 222 g/mol. The molecule has 0 bridgehead atoms. The molecule has 0 rings (SSSR count). The van der Waals surface area contributed by atoms with Gasteiger partial charge in [0.15, 0.2) is 0 Å². The topological polar surface area (TPSA) is 63.3 Å². The van der Waals surface area contributed by atoms with Gasteiger partial charge < -0.3 is 17.8 Å². The zero-order chi connectivity index (χ0) is 9.98. The van der Waals surface area contributed by atoms with Crippen LogP contribution in [0.4, 0.5) is 0 Å². The molecule has 1 unspecified atom stereocenters. The smallest absolute Gasteiger partial charge is 0.221 e. The van der Waals surface area contributed by atoms with Gasteiger partial charge in [-0.1, -0.05) is 6.92 Å². The van der Waals surface area contributed by atoms with Gasteiger partial charge in [0.2, 0.25) is 5.91 Å². The minimum absolute atomic E-state index is 0. The second-order valence-electron chi connectivity index (χ2n) is 2.19. The van der Waals surface area contributed by atoms with Crippen molar-refractivity contribution in [3.63, 3.8) is 0 Å². The predicted molar refractivity (Wildman–Crippen MR) is 53.8 cm³/mol. The molecule has 0 aromatic heterocycles. The van der Waals surface area contributed by atoms with E-state index >= 15 is 0 Å². The average Bonchev–Trinajstić information content (AvgIpc) is 2.01. The van der Waals surface area contributed by atoms with E-state index in [9.17, 15) is 4.79 Å². The van der Waals surface area contributed by atoms with Crippen molar-refractivity contribution in [3.05, 3.63) is 6.92 Å². The van der Waals surface area contributed by atoms with Crippen LogP contribution in [0.5, 0.6) is 0 Å². The largest absolute Gasteiger partial charge is 0.397 e. The summed E-state index contributed by atoms with van der Waals surface area (Å²) in [5.74, 6) is 1.35. The van der Waals surface area contributed by atoms with Gasteiger partial charge in [-0.05, 0) is 6.92 Å². The fourth-order valence-corrected chi connectivity index (χ4v) is 1.03. The first-order chi connectivity index (χ1) is 5.59. The van der Waals surface area contributed by atoms with Crippen LogP contribution >= 0.6 is 11.8 Å². The monoisotopic (exact) mass is 240 g/mol. The van der Waals surface area contributed by atoms with Gasteiger partial charge in [-0.3, -0.25) is 4.79 Å². The van der Waals surface area contributed by atoms with Crippen molar-refractivity contribution in [3.8, 4) is 0 Å². The molecule has 13 heavy (non-hydrogen) atoms. The molecule has 0 radical (unpaired) electrons. The minimum atomic E-state index is -0.226. The van der Waals surface area contributed by atoms with Crippen LogP contribution in [0.15, 0.2) is 0 Å². The maximum atomic E-state index is 10.4. The summed E-state index contributed by atoms with van der Waals surface area (Å²) in [5, 5.41) is 7.57. The standard InChI is InChI=1S/C6H12NOS.C2H6O.Ti/c1-3-9-4-5(2)6(7)8;1-2-3;/h5H,1,3-4H2,2H3,(H2,7,8);3H,2H2,1H3;/q-1;;. The first kappa shape index (κ1) is 19.1. The molecule has 0 aromatic rings. The number of nitrogens with two attached hydrogens (primary N) is 1. The fourth-order valence-electron chi connectivity index (χ4n) is 0.342. The Labute approximate surface area is 99.7 Å². The van der Waals surface area contributed by atoms with E-state index in [1.54, 1.807) is 18.7 Å². The van der Waals surface area contributed by atoms with Crippen LogP contribution in [0.1, 0.15) is 13.8 Å². The van der Waals surface area contributed by atoms with E-state index in [1.807, 2.05) is 6.92 Å². The Morgan fingerprint density at radius 1 is 1.69 bits per heavy atom. The molecule has 0 saturated heterocycles. The number of carbonyl (C=O) groups excluding carboxylic acids is 1. The third-order valence-corrected chi connectivity index (χ3v) is 2.02. The van der Waals surface area contributed by atoms with Crippen molar-refractivity contribution < 1.29 is 31.6 Å². The summed E-state index contributed by atoms with van der Waals surface area (Å²) in [7, 11) is 0. The second kappa shape index (κ2) is 15.0. The van der Waals surface area contributed by atoms with Crippen molar-refractivity contribution in [2.24, 2.45) is 11.7 Å². The summed E-state index contributed by atoms with van der Waals surface area (Å²) in [5.41, 5.74) is 5.00. The Kier molecular flexibility index (Phi) is 22.1. The van der Waals surface area contributed by atoms with Crippen molar-refractivity contribution in [2.75, 3.05) is 18.1 Å². The van der Waals surface area contributed by atoms with Gasteiger partial charge in [0.25, 0.3) is 0 Å². The number of thioether (sulfide) groups is 1. The summed E-state index contributed by atoms with van der Waals surface area (Å²) in [6.45, 7) is 7.38. The quantitative estimate of drug-likeness (QED) is 0.560. The van der Waals surface area contributed by atoms with Crippen LogP contribution in [0.3, 0.4) is 0 Å². The SMILES string of the molecule is CCO.[CH2-]CSCC(C)C(N)=O.[Ti]. The number of hydrogen-bond acceptors (Lipinski definition) is 3. The Bertz CT molecular complexity index is 114. The molecule has 1 atom stereocenters. The number of aliphatic hydroxyl groups excluding tert-OH is 1. The van der Waals surface area contributed by atoms with E-state index in [-0.39, 0.29) is 40.1 Å². The Morgan fingerprint density at radius 2 is 2.08 bits per heavy atom. The number of hydrogen-bond donors (Lipinski definition) is 2. The predicted octanol–water partition coefficient (Wildman–Crippen LogP) is 0.671. The molecule has 3 N–H and O–H groups in total. The molecular formula is C8H18NO2STi-. The van der Waals surface area contributed by atoms with Crippen LogP contribution in [0.2, 0.25) is 0 Å². The third kappa shape index (κ3) is 19.1. The van der Waals surface area contributed by atoms with Crippen molar-refractivity contribution in [1.29, 1.82) is 0 Å². The van der Waals surface area contributed by atoms with Gasteiger partial charge in [-0.15, -0.1) is 5.75 Å². The van der Waals surface area contributed by atoms with E-state index in [0.29, 0.717) is 0 Å². The summed E-state index contributed by atoms with van der Waals surface area (Å²) < 4.78 is 0. The van der Waals surface area contributed by atoms with Crippen molar-refractivity contribution in [1.82, 2.24) is 0 Å². The Balaban J connectivity index is -0.000000220. The van der Waals surface area contributed by atoms with Gasteiger partial charge in [0.05, 0.1) is 0 Å². The summed E-state index contributed by atoms with van der Waals surface area (Å²) in [6.07, 6.45) is 0. The first-order valence-corrected chi connectivity index (χ1v) is 5.02. The third-order valence-electron chi connectivity index (χ3n) is 0.998. The van der Waals surface area contributed by atoms with Gasteiger partial charge in [0, 0.05) is 40.0 Å². The molecule has 0 aromatic carbocycles. The zero-order valence-electron chi connectivity index (χ0n) is 8.25. The molecule has 0 fully saturated rings. The number of aliphatic hydroxyl groups is 1. The Hall–Kier alpha value is 0.494. The maximum Gasteiger partial charge on any atom is 0.221 e. The number of primary amides is 1. The molecule has 3 nitrogen and oxygen atoms in total. The molecule has 0 aliphatic carbocycles. The maximum absolute atomic E-state index is 10.4. The van der Waals surface area contributed by atoms with Crippen molar-refractivity contribution in [2.45, 2.75) is 13.8 Å².